The van der Waals surface area contributed by atoms with Crippen molar-refractivity contribution in [3.8, 4) is 0 Å². The van der Waals surface area contributed by atoms with Crippen LogP contribution in [-0.2, 0) is 22.8 Å². The van der Waals surface area contributed by atoms with E-state index in [1.807, 2.05) is 0 Å². The highest BCUT2D eigenvalue weighted by molar-refractivity contribution is 7.90. The molecule has 2 rings (SSSR count). The van der Waals surface area contributed by atoms with Gasteiger partial charge in [-0.3, -0.25) is 4.99 Å². The molecule has 0 radical (unpaired) electrons. The monoisotopic (exact) mass is 351 g/mol. The summed E-state index contributed by atoms with van der Waals surface area (Å²) in [6.07, 6.45) is 2.95. The lowest BCUT2D eigenvalue weighted by molar-refractivity contribution is 0.327. The van der Waals surface area contributed by atoms with E-state index >= 15 is 0 Å². The molecule has 1 aromatic rings. The van der Waals surface area contributed by atoms with E-state index in [2.05, 4.69) is 53.3 Å². The van der Waals surface area contributed by atoms with Gasteiger partial charge in [-0.1, -0.05) is 38.1 Å². The van der Waals surface area contributed by atoms with Gasteiger partial charge in [-0.15, -0.1) is 0 Å². The second kappa shape index (κ2) is 7.55. The number of nitrogens with one attached hydrogen (secondary N) is 1. The van der Waals surface area contributed by atoms with Crippen molar-refractivity contribution in [2.24, 2.45) is 10.4 Å². The van der Waals surface area contributed by atoms with Gasteiger partial charge < -0.3 is 10.2 Å². The zero-order valence-corrected chi connectivity index (χ0v) is 16.0. The maximum atomic E-state index is 11.4. The summed E-state index contributed by atoms with van der Waals surface area (Å²) in [5.74, 6) is 1.11. The van der Waals surface area contributed by atoms with Crippen molar-refractivity contribution >= 4 is 15.8 Å². The fourth-order valence-corrected chi connectivity index (χ4v) is 3.80. The molecule has 1 aliphatic heterocycles. The molecular formula is C18H29N3O2S. The summed E-state index contributed by atoms with van der Waals surface area (Å²) < 4.78 is 22.8. The Labute approximate surface area is 146 Å². The molecule has 0 aromatic heterocycles. The average Bonchev–Trinajstić information content (AvgIpc) is 2.53. The van der Waals surface area contributed by atoms with Crippen molar-refractivity contribution in [2.75, 3.05) is 32.1 Å². The summed E-state index contributed by atoms with van der Waals surface area (Å²) in [5, 5.41) is 3.43. The molecule has 1 aromatic carbocycles. The minimum absolute atomic E-state index is 0.104. The molecule has 0 bridgehead atoms. The first-order chi connectivity index (χ1) is 11.2. The Morgan fingerprint density at radius 2 is 1.96 bits per heavy atom. The van der Waals surface area contributed by atoms with Gasteiger partial charge in [0, 0.05) is 32.9 Å². The maximum Gasteiger partial charge on any atom is 0.193 e. The van der Waals surface area contributed by atoms with Crippen LogP contribution in [0, 0.1) is 5.41 Å². The van der Waals surface area contributed by atoms with E-state index in [0.717, 1.165) is 25.5 Å². The molecule has 1 aliphatic rings. The van der Waals surface area contributed by atoms with Gasteiger partial charge in [0.1, 0.15) is 9.84 Å². The molecule has 24 heavy (non-hydrogen) atoms. The summed E-state index contributed by atoms with van der Waals surface area (Å²) in [7, 11) is -1.13. The first kappa shape index (κ1) is 18.8. The second-order valence-electron chi connectivity index (χ2n) is 7.39. The standard InChI is InChI=1S/C18H29N3O2S/c1-18(2,10-12-24(4,22)23)14-20-17(19-3)21-11-9-15-7-5-6-8-16(15)13-21/h5-8H,9-14H2,1-4H3,(H,19,20). The van der Waals surface area contributed by atoms with Crippen LogP contribution in [0.15, 0.2) is 29.3 Å². The highest BCUT2D eigenvalue weighted by Gasteiger charge is 2.23. The lowest BCUT2D eigenvalue weighted by Gasteiger charge is -2.33. The summed E-state index contributed by atoms with van der Waals surface area (Å²) in [5.41, 5.74) is 2.66. The van der Waals surface area contributed by atoms with Crippen LogP contribution in [0.1, 0.15) is 31.4 Å². The van der Waals surface area contributed by atoms with E-state index in [1.54, 1.807) is 7.05 Å². The van der Waals surface area contributed by atoms with Gasteiger partial charge in [0.05, 0.1) is 5.75 Å². The van der Waals surface area contributed by atoms with Crippen LogP contribution in [0.25, 0.3) is 0 Å². The summed E-state index contributed by atoms with van der Waals surface area (Å²) in [6, 6.07) is 8.53. The highest BCUT2D eigenvalue weighted by atomic mass is 32.2. The summed E-state index contributed by atoms with van der Waals surface area (Å²) >= 11 is 0. The Kier molecular flexibility index (Phi) is 5.91. The Hall–Kier alpha value is -1.56. The molecule has 0 atom stereocenters. The topological polar surface area (TPSA) is 61.8 Å². The Morgan fingerprint density at radius 1 is 1.29 bits per heavy atom. The van der Waals surface area contributed by atoms with Gasteiger partial charge in [-0.25, -0.2) is 8.42 Å². The first-order valence-electron chi connectivity index (χ1n) is 8.40. The molecule has 5 nitrogen and oxygen atoms in total. The third-order valence-corrected chi connectivity index (χ3v) is 5.46. The quantitative estimate of drug-likeness (QED) is 0.652. The molecule has 134 valence electrons. The van der Waals surface area contributed by atoms with Crippen LogP contribution in [-0.4, -0.2) is 51.4 Å². The molecular weight excluding hydrogens is 322 g/mol. The molecule has 6 heteroatoms. The minimum Gasteiger partial charge on any atom is -0.356 e. The number of sulfone groups is 1. The Balaban J connectivity index is 1.94. The number of fused-ring (bicyclic) bond motifs is 1. The van der Waals surface area contributed by atoms with Gasteiger partial charge in [-0.05, 0) is 29.4 Å². The number of hydrogen-bond donors (Lipinski definition) is 1. The molecule has 0 unspecified atom stereocenters. The van der Waals surface area contributed by atoms with E-state index < -0.39 is 9.84 Å². The predicted molar refractivity (Wildman–Crippen MR) is 100 cm³/mol. The number of guanidine groups is 1. The number of benzene rings is 1. The van der Waals surface area contributed by atoms with Crippen LogP contribution < -0.4 is 5.32 Å². The predicted octanol–water partition coefficient (Wildman–Crippen LogP) is 2.08. The van der Waals surface area contributed by atoms with Gasteiger partial charge in [0.15, 0.2) is 5.96 Å². The van der Waals surface area contributed by atoms with Crippen LogP contribution in [0.5, 0.6) is 0 Å². The number of aliphatic imine (C=N–C) groups is 1. The smallest absolute Gasteiger partial charge is 0.193 e. The number of nitrogens with zero attached hydrogens (tertiary/aromatic N) is 2. The van der Waals surface area contributed by atoms with Gasteiger partial charge in [-0.2, -0.15) is 0 Å². The zero-order chi connectivity index (χ0) is 17.8. The molecule has 0 fully saturated rings. The lowest BCUT2D eigenvalue weighted by atomic mass is 9.90. The molecule has 0 saturated carbocycles. The molecule has 0 aliphatic carbocycles. The van der Waals surface area contributed by atoms with Crippen molar-refractivity contribution in [1.82, 2.24) is 10.2 Å². The highest BCUT2D eigenvalue weighted by Crippen LogP contribution is 2.21. The van der Waals surface area contributed by atoms with Crippen LogP contribution in [0.2, 0.25) is 0 Å². The molecule has 1 N–H and O–H groups in total. The summed E-state index contributed by atoms with van der Waals surface area (Å²) in [6.45, 7) is 6.68. The van der Waals surface area contributed by atoms with Gasteiger partial charge in [0.25, 0.3) is 0 Å². The summed E-state index contributed by atoms with van der Waals surface area (Å²) in [4.78, 5) is 6.67. The molecule has 0 saturated heterocycles. The fourth-order valence-electron chi connectivity index (χ4n) is 2.88. The zero-order valence-electron chi connectivity index (χ0n) is 15.2. The van der Waals surface area contributed by atoms with Crippen molar-refractivity contribution in [3.05, 3.63) is 35.4 Å². The molecule has 1 heterocycles. The Bertz CT molecular complexity index is 696. The van der Waals surface area contributed by atoms with Gasteiger partial charge in [0.2, 0.25) is 0 Å². The SMILES string of the molecule is CN=C(NCC(C)(C)CCS(C)(=O)=O)N1CCc2ccccc2C1. The fraction of sp³-hybridized carbons (Fsp3) is 0.611. The normalized spacial score (nSPS) is 16.0. The third kappa shape index (κ3) is 5.51. The number of rotatable bonds is 5. The van der Waals surface area contributed by atoms with Crippen LogP contribution >= 0.6 is 0 Å². The third-order valence-electron chi connectivity index (χ3n) is 4.52. The molecule has 0 amide bonds. The lowest BCUT2D eigenvalue weighted by Crippen LogP contribution is -2.46. The van der Waals surface area contributed by atoms with E-state index in [1.165, 1.54) is 17.4 Å². The van der Waals surface area contributed by atoms with Crippen LogP contribution in [0.3, 0.4) is 0 Å². The molecule has 0 spiro atoms. The Morgan fingerprint density at radius 3 is 2.58 bits per heavy atom. The van der Waals surface area contributed by atoms with Gasteiger partial charge >= 0.3 is 0 Å². The van der Waals surface area contributed by atoms with E-state index in [0.29, 0.717) is 13.0 Å². The van der Waals surface area contributed by atoms with Crippen LogP contribution in [0.4, 0.5) is 0 Å². The van der Waals surface area contributed by atoms with E-state index in [4.69, 9.17) is 0 Å². The van der Waals surface area contributed by atoms with E-state index in [9.17, 15) is 8.42 Å². The number of hydrogen-bond acceptors (Lipinski definition) is 3. The maximum absolute atomic E-state index is 11.4. The van der Waals surface area contributed by atoms with Crippen molar-refractivity contribution in [2.45, 2.75) is 33.2 Å². The first-order valence-corrected chi connectivity index (χ1v) is 10.5. The average molecular weight is 352 g/mol. The second-order valence-corrected chi connectivity index (χ2v) is 9.64. The van der Waals surface area contributed by atoms with Crippen molar-refractivity contribution in [1.29, 1.82) is 0 Å². The van der Waals surface area contributed by atoms with Crippen molar-refractivity contribution in [3.63, 3.8) is 0 Å². The van der Waals surface area contributed by atoms with Crippen molar-refractivity contribution < 1.29 is 8.42 Å². The largest absolute Gasteiger partial charge is 0.356 e. The van der Waals surface area contributed by atoms with E-state index in [-0.39, 0.29) is 11.2 Å². The minimum atomic E-state index is -2.92.